The van der Waals surface area contributed by atoms with Gasteiger partial charge in [-0.3, -0.25) is 0 Å². The molecule has 0 radical (unpaired) electrons. The van der Waals surface area contributed by atoms with Crippen LogP contribution in [0.5, 0.6) is 5.75 Å². The lowest BCUT2D eigenvalue weighted by Gasteiger charge is -2.10. The Kier molecular flexibility index (Phi) is 3.57. The number of hydrogen-bond donors (Lipinski definition) is 2. The van der Waals surface area contributed by atoms with E-state index in [0.29, 0.717) is 18.2 Å². The minimum Gasteiger partial charge on any atom is -0.488 e. The van der Waals surface area contributed by atoms with Crippen LogP contribution in [0.3, 0.4) is 0 Å². The summed E-state index contributed by atoms with van der Waals surface area (Å²) in [5.74, 6) is 1.13. The first-order valence-corrected chi connectivity index (χ1v) is 5.32. The van der Waals surface area contributed by atoms with Crippen LogP contribution < -0.4 is 10.5 Å². The second-order valence-electron chi connectivity index (χ2n) is 3.60. The summed E-state index contributed by atoms with van der Waals surface area (Å²) >= 11 is 0. The molecule has 0 fully saturated rings. The number of nitrogens with two attached hydrogens (primary N) is 1. The van der Waals surface area contributed by atoms with Crippen molar-refractivity contribution >= 4 is 5.82 Å². The highest BCUT2D eigenvalue weighted by Crippen LogP contribution is 2.20. The molecule has 1 aromatic carbocycles. The van der Waals surface area contributed by atoms with E-state index >= 15 is 0 Å². The molecule has 4 heteroatoms. The summed E-state index contributed by atoms with van der Waals surface area (Å²) in [6.07, 6.45) is 1.64. The molecule has 0 aliphatic rings. The molecule has 0 saturated heterocycles. The topological polar surface area (TPSA) is 68.4 Å². The van der Waals surface area contributed by atoms with Gasteiger partial charge in [-0.1, -0.05) is 24.3 Å². The Bertz CT molecular complexity index is 500. The molecule has 0 aliphatic heterocycles. The largest absolute Gasteiger partial charge is 0.488 e. The smallest absolute Gasteiger partial charge is 0.129 e. The number of aliphatic hydroxyl groups is 1. The summed E-state index contributed by atoms with van der Waals surface area (Å²) in [5.41, 5.74) is 7.31. The first-order chi connectivity index (χ1) is 8.31. The number of benzene rings is 1. The van der Waals surface area contributed by atoms with E-state index in [9.17, 15) is 0 Å². The van der Waals surface area contributed by atoms with Crippen LogP contribution in [0, 0.1) is 0 Å². The second-order valence-corrected chi connectivity index (χ2v) is 3.60. The number of para-hydroxylation sites is 1. The fraction of sp³-hybridized carbons (Fsp3) is 0.154. The van der Waals surface area contributed by atoms with Crippen LogP contribution in [0.2, 0.25) is 0 Å². The third kappa shape index (κ3) is 2.73. The maximum absolute atomic E-state index is 9.15. The number of rotatable bonds is 4. The Morgan fingerprint density at radius 2 is 1.88 bits per heavy atom. The molecule has 1 aromatic heterocycles. The molecule has 4 nitrogen and oxygen atoms in total. The van der Waals surface area contributed by atoms with Crippen molar-refractivity contribution in [1.29, 1.82) is 0 Å². The highest BCUT2D eigenvalue weighted by atomic mass is 16.5. The average Bonchev–Trinajstić information content (AvgIpc) is 2.38. The van der Waals surface area contributed by atoms with Crippen LogP contribution >= 0.6 is 0 Å². The Morgan fingerprint density at radius 1 is 1.12 bits per heavy atom. The summed E-state index contributed by atoms with van der Waals surface area (Å²) < 4.78 is 5.61. The average molecular weight is 230 g/mol. The number of nitrogens with zero attached hydrogens (tertiary/aromatic N) is 1. The molecule has 88 valence electrons. The molecular formula is C13H14N2O2. The van der Waals surface area contributed by atoms with Crippen LogP contribution in [-0.2, 0) is 13.2 Å². The molecule has 0 bridgehead atoms. The molecule has 0 atom stereocenters. The van der Waals surface area contributed by atoms with Gasteiger partial charge in [-0.2, -0.15) is 0 Å². The number of ether oxygens (including phenoxy) is 1. The van der Waals surface area contributed by atoms with E-state index in [1.165, 1.54) is 0 Å². The molecule has 2 aromatic rings. The van der Waals surface area contributed by atoms with E-state index in [4.69, 9.17) is 15.6 Å². The molecule has 3 N–H and O–H groups in total. The van der Waals surface area contributed by atoms with Crippen LogP contribution in [0.15, 0.2) is 42.6 Å². The lowest BCUT2D eigenvalue weighted by Crippen LogP contribution is -2.03. The molecule has 2 rings (SSSR count). The first-order valence-electron chi connectivity index (χ1n) is 5.32. The standard InChI is InChI=1S/C13H14N2O2/c14-13-11(5-3-7-15-13)9-17-12-6-2-1-4-10(12)8-16/h1-7,16H,8-9H2,(H2,14,15). The summed E-state index contributed by atoms with van der Waals surface area (Å²) in [4.78, 5) is 3.98. The van der Waals surface area contributed by atoms with Crippen molar-refractivity contribution in [1.82, 2.24) is 4.98 Å². The minimum absolute atomic E-state index is 0.0430. The first kappa shape index (κ1) is 11.4. The van der Waals surface area contributed by atoms with E-state index < -0.39 is 0 Å². The third-order valence-corrected chi connectivity index (χ3v) is 2.45. The predicted octanol–water partition coefficient (Wildman–Crippen LogP) is 1.74. The van der Waals surface area contributed by atoms with Crippen LogP contribution in [0.25, 0.3) is 0 Å². The maximum Gasteiger partial charge on any atom is 0.129 e. The van der Waals surface area contributed by atoms with Crippen LogP contribution in [0.4, 0.5) is 5.82 Å². The lowest BCUT2D eigenvalue weighted by atomic mass is 10.2. The molecule has 1 heterocycles. The van der Waals surface area contributed by atoms with Gasteiger partial charge in [0, 0.05) is 17.3 Å². The zero-order valence-corrected chi connectivity index (χ0v) is 9.34. The Morgan fingerprint density at radius 3 is 2.65 bits per heavy atom. The Hall–Kier alpha value is -2.07. The molecule has 0 aliphatic carbocycles. The van der Waals surface area contributed by atoms with Gasteiger partial charge in [0.2, 0.25) is 0 Å². The molecule has 0 amide bonds. The summed E-state index contributed by atoms with van der Waals surface area (Å²) in [7, 11) is 0. The number of hydrogen-bond acceptors (Lipinski definition) is 4. The third-order valence-electron chi connectivity index (χ3n) is 2.45. The van der Waals surface area contributed by atoms with Gasteiger partial charge in [0.15, 0.2) is 0 Å². The SMILES string of the molecule is Nc1ncccc1COc1ccccc1CO. The maximum atomic E-state index is 9.15. The zero-order valence-electron chi connectivity index (χ0n) is 9.34. The van der Waals surface area contributed by atoms with E-state index in [-0.39, 0.29) is 6.61 Å². The highest BCUT2D eigenvalue weighted by Gasteiger charge is 2.04. The number of aliphatic hydroxyl groups excluding tert-OH is 1. The number of anilines is 1. The minimum atomic E-state index is -0.0430. The van der Waals surface area contributed by atoms with Crippen molar-refractivity contribution in [2.75, 3.05) is 5.73 Å². The van der Waals surface area contributed by atoms with Crippen molar-refractivity contribution in [2.24, 2.45) is 0 Å². The fourth-order valence-electron chi connectivity index (χ4n) is 1.50. The fourth-order valence-corrected chi connectivity index (χ4v) is 1.50. The van der Waals surface area contributed by atoms with Gasteiger partial charge < -0.3 is 15.6 Å². The lowest BCUT2D eigenvalue weighted by molar-refractivity contribution is 0.259. The molecular weight excluding hydrogens is 216 g/mol. The van der Waals surface area contributed by atoms with Crippen molar-refractivity contribution < 1.29 is 9.84 Å². The van der Waals surface area contributed by atoms with E-state index in [0.717, 1.165) is 11.1 Å². The monoisotopic (exact) mass is 230 g/mol. The molecule has 0 spiro atoms. The van der Waals surface area contributed by atoms with E-state index in [2.05, 4.69) is 4.98 Å². The molecule has 17 heavy (non-hydrogen) atoms. The van der Waals surface area contributed by atoms with Crippen LogP contribution in [-0.4, -0.2) is 10.1 Å². The van der Waals surface area contributed by atoms with Gasteiger partial charge >= 0.3 is 0 Å². The van der Waals surface area contributed by atoms with Crippen molar-refractivity contribution in [3.8, 4) is 5.75 Å². The number of pyridine rings is 1. The van der Waals surface area contributed by atoms with Gasteiger partial charge in [0.25, 0.3) is 0 Å². The Labute approximate surface area is 99.7 Å². The number of nitrogen functional groups attached to an aromatic ring is 1. The number of aromatic nitrogens is 1. The molecule has 0 unspecified atom stereocenters. The second kappa shape index (κ2) is 5.32. The van der Waals surface area contributed by atoms with Crippen LogP contribution in [0.1, 0.15) is 11.1 Å². The van der Waals surface area contributed by atoms with E-state index in [1.807, 2.05) is 36.4 Å². The van der Waals surface area contributed by atoms with Crippen molar-refractivity contribution in [3.63, 3.8) is 0 Å². The summed E-state index contributed by atoms with van der Waals surface area (Å²) in [6, 6.07) is 11.0. The van der Waals surface area contributed by atoms with Gasteiger partial charge in [-0.05, 0) is 12.1 Å². The van der Waals surface area contributed by atoms with Gasteiger partial charge in [0.05, 0.1) is 6.61 Å². The van der Waals surface area contributed by atoms with Gasteiger partial charge in [-0.15, -0.1) is 0 Å². The normalized spacial score (nSPS) is 10.2. The molecule has 0 saturated carbocycles. The highest BCUT2D eigenvalue weighted by molar-refractivity contribution is 5.39. The van der Waals surface area contributed by atoms with Gasteiger partial charge in [0.1, 0.15) is 18.2 Å². The Balaban J connectivity index is 2.10. The summed E-state index contributed by atoms with van der Waals surface area (Å²) in [5, 5.41) is 9.15. The van der Waals surface area contributed by atoms with Crippen molar-refractivity contribution in [3.05, 3.63) is 53.7 Å². The summed E-state index contributed by atoms with van der Waals surface area (Å²) in [6.45, 7) is 0.301. The quantitative estimate of drug-likeness (QED) is 0.839. The van der Waals surface area contributed by atoms with E-state index in [1.54, 1.807) is 6.20 Å². The van der Waals surface area contributed by atoms with Crippen molar-refractivity contribution in [2.45, 2.75) is 13.2 Å². The van der Waals surface area contributed by atoms with Gasteiger partial charge in [-0.25, -0.2) is 4.98 Å². The zero-order chi connectivity index (χ0) is 12.1. The predicted molar refractivity (Wildman–Crippen MR) is 65.3 cm³/mol.